The quantitative estimate of drug-likeness (QED) is 0.790. The second-order valence-corrected chi connectivity index (χ2v) is 5.05. The maximum Gasteiger partial charge on any atom is 0.227 e. The number of halogens is 3. The van der Waals surface area contributed by atoms with Crippen LogP contribution >= 0.6 is 38.5 Å². The van der Waals surface area contributed by atoms with Crippen LogP contribution < -0.4 is 5.32 Å². The zero-order chi connectivity index (χ0) is 11.5. The van der Waals surface area contributed by atoms with Crippen molar-refractivity contribution in [3.63, 3.8) is 0 Å². The molecule has 0 fully saturated rings. The van der Waals surface area contributed by atoms with Crippen molar-refractivity contribution in [3.05, 3.63) is 44.5 Å². The smallest absolute Gasteiger partial charge is 0.227 e. The van der Waals surface area contributed by atoms with E-state index in [1.165, 1.54) is 6.07 Å². The maximum atomic E-state index is 13.5. The largest absolute Gasteiger partial charge is 0.321 e. The third-order valence-corrected chi connectivity index (χ3v) is 3.04. The molecule has 1 aromatic heterocycles. The predicted molar refractivity (Wildman–Crippen MR) is 72.1 cm³/mol. The number of nitrogens with zero attached hydrogens (tertiary/aromatic N) is 2. The summed E-state index contributed by atoms with van der Waals surface area (Å²) in [7, 11) is 0. The molecule has 0 atom stereocenters. The van der Waals surface area contributed by atoms with E-state index in [0.717, 1.165) is 3.57 Å². The van der Waals surface area contributed by atoms with Gasteiger partial charge in [0.2, 0.25) is 5.95 Å². The van der Waals surface area contributed by atoms with Gasteiger partial charge in [-0.15, -0.1) is 0 Å². The van der Waals surface area contributed by atoms with E-state index in [2.05, 4.69) is 53.8 Å². The molecule has 3 nitrogen and oxygen atoms in total. The lowest BCUT2D eigenvalue weighted by atomic mass is 10.3. The van der Waals surface area contributed by atoms with Gasteiger partial charge in [0.15, 0.2) is 0 Å². The monoisotopic (exact) mass is 393 g/mol. The molecule has 1 aromatic carbocycles. The summed E-state index contributed by atoms with van der Waals surface area (Å²) in [6, 6.07) is 4.75. The number of para-hydroxylation sites is 1. The van der Waals surface area contributed by atoms with Gasteiger partial charge < -0.3 is 5.32 Å². The minimum Gasteiger partial charge on any atom is -0.321 e. The SMILES string of the molecule is Fc1cccc(Br)c1Nc1ncc(I)cn1. The Morgan fingerprint density at radius 1 is 1.25 bits per heavy atom. The molecule has 6 heteroatoms. The highest BCUT2D eigenvalue weighted by molar-refractivity contribution is 14.1. The van der Waals surface area contributed by atoms with Crippen LogP contribution in [-0.2, 0) is 0 Å². The first-order chi connectivity index (χ1) is 7.66. The molecular formula is C10H6BrFIN3. The van der Waals surface area contributed by atoms with Crippen LogP contribution in [0.3, 0.4) is 0 Å². The van der Waals surface area contributed by atoms with Crippen molar-refractivity contribution < 1.29 is 4.39 Å². The molecule has 0 bridgehead atoms. The highest BCUT2D eigenvalue weighted by Gasteiger charge is 2.07. The van der Waals surface area contributed by atoms with Gasteiger partial charge in [0, 0.05) is 20.4 Å². The Hall–Kier alpha value is -0.760. The molecular weight excluding hydrogens is 388 g/mol. The van der Waals surface area contributed by atoms with Crippen molar-refractivity contribution >= 4 is 50.2 Å². The van der Waals surface area contributed by atoms with Gasteiger partial charge in [-0.25, -0.2) is 14.4 Å². The number of benzene rings is 1. The minimum absolute atomic E-state index is 0.337. The first-order valence-electron chi connectivity index (χ1n) is 4.35. The molecule has 0 aliphatic carbocycles. The summed E-state index contributed by atoms with van der Waals surface area (Å²) >= 11 is 5.36. The Morgan fingerprint density at radius 3 is 2.56 bits per heavy atom. The van der Waals surface area contributed by atoms with Crippen LogP contribution in [-0.4, -0.2) is 9.97 Å². The number of rotatable bonds is 2. The van der Waals surface area contributed by atoms with Gasteiger partial charge in [-0.05, 0) is 50.7 Å². The Labute approximate surface area is 114 Å². The summed E-state index contributed by atoms with van der Waals surface area (Å²) in [6.07, 6.45) is 3.31. The lowest BCUT2D eigenvalue weighted by Gasteiger charge is -2.07. The van der Waals surface area contributed by atoms with E-state index in [4.69, 9.17) is 0 Å². The highest BCUT2D eigenvalue weighted by Crippen LogP contribution is 2.27. The molecule has 2 aromatic rings. The van der Waals surface area contributed by atoms with Gasteiger partial charge in [0.25, 0.3) is 0 Å². The Morgan fingerprint density at radius 2 is 1.94 bits per heavy atom. The normalized spacial score (nSPS) is 10.2. The van der Waals surface area contributed by atoms with Gasteiger partial charge >= 0.3 is 0 Å². The number of anilines is 2. The summed E-state index contributed by atoms with van der Waals surface area (Å²) in [5.74, 6) is 0.0164. The molecule has 0 radical (unpaired) electrons. The number of aromatic nitrogens is 2. The van der Waals surface area contributed by atoms with Crippen molar-refractivity contribution in [3.8, 4) is 0 Å². The zero-order valence-corrected chi connectivity index (χ0v) is 11.7. The number of hydrogen-bond acceptors (Lipinski definition) is 3. The second-order valence-electron chi connectivity index (χ2n) is 2.95. The third-order valence-electron chi connectivity index (χ3n) is 1.82. The molecule has 82 valence electrons. The van der Waals surface area contributed by atoms with E-state index in [9.17, 15) is 4.39 Å². The van der Waals surface area contributed by atoms with Crippen LogP contribution in [0.25, 0.3) is 0 Å². The van der Waals surface area contributed by atoms with E-state index in [0.29, 0.717) is 16.1 Å². The first kappa shape index (κ1) is 11.7. The van der Waals surface area contributed by atoms with Gasteiger partial charge in [0.05, 0.1) is 5.69 Å². The van der Waals surface area contributed by atoms with Crippen LogP contribution in [0.1, 0.15) is 0 Å². The summed E-state index contributed by atoms with van der Waals surface area (Å²) in [5.41, 5.74) is 0.337. The van der Waals surface area contributed by atoms with Gasteiger partial charge in [-0.2, -0.15) is 0 Å². The molecule has 1 heterocycles. The molecule has 0 aliphatic heterocycles. The van der Waals surface area contributed by atoms with Crippen LogP contribution in [0, 0.1) is 9.39 Å². The third kappa shape index (κ3) is 2.67. The summed E-state index contributed by atoms with van der Waals surface area (Å²) in [4.78, 5) is 8.08. The molecule has 0 unspecified atom stereocenters. The van der Waals surface area contributed by atoms with E-state index in [1.807, 2.05) is 0 Å². The van der Waals surface area contributed by atoms with Crippen LogP contribution in [0.4, 0.5) is 16.0 Å². The zero-order valence-electron chi connectivity index (χ0n) is 7.92. The standard InChI is InChI=1S/C10H6BrFIN3/c11-7-2-1-3-8(12)9(7)16-10-14-4-6(13)5-15-10/h1-5H,(H,14,15,16). The average Bonchev–Trinajstić information content (AvgIpc) is 2.26. The maximum absolute atomic E-state index is 13.5. The van der Waals surface area contributed by atoms with Crippen molar-refractivity contribution in [1.29, 1.82) is 0 Å². The Balaban J connectivity index is 2.30. The molecule has 16 heavy (non-hydrogen) atoms. The molecule has 0 spiro atoms. The van der Waals surface area contributed by atoms with Gasteiger partial charge in [0.1, 0.15) is 5.82 Å². The van der Waals surface area contributed by atoms with E-state index in [1.54, 1.807) is 24.5 Å². The van der Waals surface area contributed by atoms with Crippen molar-refractivity contribution in [2.24, 2.45) is 0 Å². The molecule has 0 amide bonds. The first-order valence-corrected chi connectivity index (χ1v) is 6.22. The summed E-state index contributed by atoms with van der Waals surface area (Å²) in [6.45, 7) is 0. The second kappa shape index (κ2) is 5.05. The van der Waals surface area contributed by atoms with Crippen LogP contribution in [0.2, 0.25) is 0 Å². The fraction of sp³-hybridized carbons (Fsp3) is 0. The molecule has 2 rings (SSSR count). The fourth-order valence-electron chi connectivity index (χ4n) is 1.11. The van der Waals surface area contributed by atoms with Crippen molar-refractivity contribution in [1.82, 2.24) is 9.97 Å². The van der Waals surface area contributed by atoms with Crippen LogP contribution in [0.15, 0.2) is 35.1 Å². The van der Waals surface area contributed by atoms with Crippen LogP contribution in [0.5, 0.6) is 0 Å². The predicted octanol–water partition coefficient (Wildman–Crippen LogP) is 3.73. The molecule has 0 aliphatic rings. The minimum atomic E-state index is -0.350. The summed E-state index contributed by atoms with van der Waals surface area (Å²) in [5, 5.41) is 2.82. The van der Waals surface area contributed by atoms with Gasteiger partial charge in [-0.3, -0.25) is 0 Å². The fourth-order valence-corrected chi connectivity index (χ4v) is 1.83. The lowest BCUT2D eigenvalue weighted by Crippen LogP contribution is -1.99. The lowest BCUT2D eigenvalue weighted by molar-refractivity contribution is 0.631. The van der Waals surface area contributed by atoms with E-state index in [-0.39, 0.29) is 5.82 Å². The number of hydrogen-bond donors (Lipinski definition) is 1. The molecule has 0 saturated heterocycles. The molecule has 1 N–H and O–H groups in total. The highest BCUT2D eigenvalue weighted by atomic mass is 127. The summed E-state index contributed by atoms with van der Waals surface area (Å²) < 4.78 is 15.0. The number of nitrogens with one attached hydrogen (secondary N) is 1. The Kier molecular flexibility index (Phi) is 3.70. The average molecular weight is 394 g/mol. The topological polar surface area (TPSA) is 37.8 Å². The molecule has 0 saturated carbocycles. The van der Waals surface area contributed by atoms with Crippen molar-refractivity contribution in [2.75, 3.05) is 5.32 Å². The Bertz CT molecular complexity index is 484. The van der Waals surface area contributed by atoms with Crippen molar-refractivity contribution in [2.45, 2.75) is 0 Å². The van der Waals surface area contributed by atoms with E-state index < -0.39 is 0 Å². The van der Waals surface area contributed by atoms with E-state index >= 15 is 0 Å². The van der Waals surface area contributed by atoms with Gasteiger partial charge in [-0.1, -0.05) is 6.07 Å².